The number of thioether (sulfide) groups is 1. The molecule has 2 N–H and O–H groups in total. The second-order valence-corrected chi connectivity index (χ2v) is 7.70. The van der Waals surface area contributed by atoms with Crippen molar-refractivity contribution in [2.75, 3.05) is 24.3 Å². The molecule has 150 valence electrons. The number of benzene rings is 1. The van der Waals surface area contributed by atoms with Gasteiger partial charge in [-0.05, 0) is 30.5 Å². The quantitative estimate of drug-likeness (QED) is 0.808. The van der Waals surface area contributed by atoms with E-state index >= 15 is 0 Å². The Labute approximate surface area is 163 Å². The number of hydrogen-bond acceptors (Lipinski definition) is 5. The van der Waals surface area contributed by atoms with Crippen LogP contribution < -0.4 is 15.6 Å². The Morgan fingerprint density at radius 3 is 2.79 bits per heavy atom. The first-order valence-electron chi connectivity index (χ1n) is 8.91. The van der Waals surface area contributed by atoms with E-state index in [0.717, 1.165) is 12.8 Å². The molecule has 2 aliphatic heterocycles. The Bertz CT molecular complexity index is 924. The van der Waals surface area contributed by atoms with E-state index in [9.17, 15) is 18.4 Å². The Hall–Kier alpha value is -2.33. The minimum Gasteiger partial charge on any atom is -0.435 e. The molecule has 0 bridgehead atoms. The zero-order chi connectivity index (χ0) is 19.7. The van der Waals surface area contributed by atoms with Crippen molar-refractivity contribution in [2.24, 2.45) is 0 Å². The molecule has 1 unspecified atom stereocenters. The fourth-order valence-corrected chi connectivity index (χ4v) is 4.69. The summed E-state index contributed by atoms with van der Waals surface area (Å²) in [5.41, 5.74) is 0.731. The van der Waals surface area contributed by atoms with Crippen molar-refractivity contribution in [2.45, 2.75) is 30.7 Å². The number of halogens is 2. The second-order valence-electron chi connectivity index (χ2n) is 6.61. The molecule has 0 spiro atoms. The molecule has 1 saturated heterocycles. The van der Waals surface area contributed by atoms with Gasteiger partial charge < -0.3 is 14.8 Å². The molecule has 1 atom stereocenters. The van der Waals surface area contributed by atoms with Gasteiger partial charge in [0.05, 0.1) is 22.6 Å². The van der Waals surface area contributed by atoms with Gasteiger partial charge in [0.2, 0.25) is 5.91 Å². The fraction of sp³-hybridized carbons (Fsp3) is 0.444. The number of aromatic nitrogens is 2. The molecule has 28 heavy (non-hydrogen) atoms. The molecular weight excluding hydrogens is 392 g/mol. The summed E-state index contributed by atoms with van der Waals surface area (Å²) in [6.07, 6.45) is 1.45. The van der Waals surface area contributed by atoms with E-state index in [4.69, 9.17) is 4.74 Å². The number of H-pyrrole nitrogens is 1. The van der Waals surface area contributed by atoms with Crippen LogP contribution in [0.4, 0.5) is 14.6 Å². The Morgan fingerprint density at radius 2 is 2.04 bits per heavy atom. The van der Waals surface area contributed by atoms with E-state index in [1.165, 1.54) is 23.9 Å². The highest BCUT2D eigenvalue weighted by Gasteiger charge is 2.32. The summed E-state index contributed by atoms with van der Waals surface area (Å²) < 4.78 is 36.7. The number of nitrogens with zero attached hydrogens (tertiary/aromatic N) is 1. The summed E-state index contributed by atoms with van der Waals surface area (Å²) in [5.74, 6) is 0.385. The number of anilines is 1. The van der Waals surface area contributed by atoms with E-state index in [2.05, 4.69) is 15.2 Å². The molecule has 4 rings (SSSR count). The topological polar surface area (TPSA) is 85.3 Å². The van der Waals surface area contributed by atoms with Gasteiger partial charge in [-0.15, -0.1) is 11.8 Å². The number of amides is 1. The predicted molar refractivity (Wildman–Crippen MR) is 100 cm³/mol. The smallest absolute Gasteiger partial charge is 0.387 e. The number of ether oxygens (including phenoxy) is 2. The second kappa shape index (κ2) is 7.96. The number of nitrogens with one attached hydrogen (secondary N) is 2. The van der Waals surface area contributed by atoms with Crippen molar-refractivity contribution >= 4 is 23.5 Å². The normalized spacial score (nSPS) is 20.5. The summed E-state index contributed by atoms with van der Waals surface area (Å²) in [5, 5.41) is 5.20. The van der Waals surface area contributed by atoms with E-state index in [1.807, 2.05) is 0 Å². The third-order valence-electron chi connectivity index (χ3n) is 4.81. The van der Waals surface area contributed by atoms with E-state index < -0.39 is 11.9 Å². The van der Waals surface area contributed by atoms with E-state index in [-0.39, 0.29) is 29.0 Å². The van der Waals surface area contributed by atoms with Crippen molar-refractivity contribution in [3.05, 3.63) is 45.7 Å². The number of carbonyl (C=O) groups excluding carboxylic acids is 1. The average molecular weight is 411 g/mol. The highest BCUT2D eigenvalue weighted by atomic mass is 32.2. The van der Waals surface area contributed by atoms with E-state index in [1.54, 1.807) is 16.8 Å². The van der Waals surface area contributed by atoms with Gasteiger partial charge in [-0.25, -0.2) is 0 Å². The summed E-state index contributed by atoms with van der Waals surface area (Å²) in [7, 11) is 0. The zero-order valence-electron chi connectivity index (χ0n) is 14.8. The molecule has 7 nitrogen and oxygen atoms in total. The number of aromatic amines is 1. The van der Waals surface area contributed by atoms with Gasteiger partial charge in [0, 0.05) is 13.2 Å². The number of carbonyl (C=O) groups is 1. The predicted octanol–water partition coefficient (Wildman–Crippen LogP) is 2.90. The lowest BCUT2D eigenvalue weighted by Gasteiger charge is -2.25. The molecule has 0 aliphatic carbocycles. The van der Waals surface area contributed by atoms with Crippen molar-refractivity contribution < 1.29 is 23.0 Å². The minimum absolute atomic E-state index is 0.0125. The van der Waals surface area contributed by atoms with Gasteiger partial charge in [-0.1, -0.05) is 12.1 Å². The highest BCUT2D eigenvalue weighted by Crippen LogP contribution is 2.41. The number of rotatable bonds is 4. The summed E-state index contributed by atoms with van der Waals surface area (Å²) in [6.45, 7) is -1.77. The van der Waals surface area contributed by atoms with Crippen LogP contribution in [0.1, 0.15) is 35.3 Å². The zero-order valence-corrected chi connectivity index (χ0v) is 15.6. The number of alkyl halides is 2. The lowest BCUT2D eigenvalue weighted by Crippen LogP contribution is -2.24. The van der Waals surface area contributed by atoms with Gasteiger partial charge in [0.15, 0.2) is 0 Å². The first kappa shape index (κ1) is 19.0. The molecule has 10 heteroatoms. The van der Waals surface area contributed by atoms with Crippen LogP contribution in [0.15, 0.2) is 29.1 Å². The third-order valence-corrected chi connectivity index (χ3v) is 6.08. The standard InChI is InChI=1S/C18H19F2N3O4S/c19-18(20)27-12-3-1-2-10(8-12)15-14-16(21-13(24)9-28-15)23(22-17(14)25)11-4-6-26-7-5-11/h1-3,8,11,15,18H,4-7,9H2,(H,21,24)(H,22,25). The largest absolute Gasteiger partial charge is 0.435 e. The summed E-state index contributed by atoms with van der Waals surface area (Å²) >= 11 is 1.28. The van der Waals surface area contributed by atoms with Gasteiger partial charge in [0.1, 0.15) is 11.6 Å². The Kier molecular flexibility index (Phi) is 5.40. The number of hydrogen-bond donors (Lipinski definition) is 2. The van der Waals surface area contributed by atoms with Crippen LogP contribution in [-0.4, -0.2) is 41.3 Å². The maximum atomic E-state index is 12.8. The lowest BCUT2D eigenvalue weighted by molar-refractivity contribution is -0.113. The van der Waals surface area contributed by atoms with Crippen molar-refractivity contribution in [1.29, 1.82) is 0 Å². The van der Waals surface area contributed by atoms with Gasteiger partial charge in [-0.2, -0.15) is 8.78 Å². The van der Waals surface area contributed by atoms with Crippen LogP contribution in [0.2, 0.25) is 0 Å². The third kappa shape index (κ3) is 3.79. The summed E-state index contributed by atoms with van der Waals surface area (Å²) in [6, 6.07) is 6.26. The first-order chi connectivity index (χ1) is 13.5. The molecule has 1 amide bonds. The van der Waals surface area contributed by atoms with Gasteiger partial charge >= 0.3 is 6.61 Å². The van der Waals surface area contributed by atoms with Gasteiger partial charge in [-0.3, -0.25) is 19.4 Å². The molecule has 1 aromatic heterocycles. The summed E-state index contributed by atoms with van der Waals surface area (Å²) in [4.78, 5) is 25.1. The monoisotopic (exact) mass is 411 g/mol. The van der Waals surface area contributed by atoms with Crippen molar-refractivity contribution in [3.8, 4) is 5.75 Å². The molecule has 3 heterocycles. The minimum atomic E-state index is -2.94. The molecule has 1 aromatic carbocycles. The first-order valence-corrected chi connectivity index (χ1v) is 9.96. The van der Waals surface area contributed by atoms with Crippen LogP contribution in [0.5, 0.6) is 5.75 Å². The van der Waals surface area contributed by atoms with Crippen LogP contribution in [-0.2, 0) is 9.53 Å². The highest BCUT2D eigenvalue weighted by molar-refractivity contribution is 8.00. The van der Waals surface area contributed by atoms with Crippen LogP contribution in [0.25, 0.3) is 0 Å². The average Bonchev–Trinajstić information content (AvgIpc) is 2.88. The molecule has 2 aliphatic rings. The molecular formula is C18H19F2N3O4S. The van der Waals surface area contributed by atoms with Crippen molar-refractivity contribution in [3.63, 3.8) is 0 Å². The SMILES string of the molecule is O=C1CSC(c2cccc(OC(F)F)c2)c2c(n(C3CCOCC3)[nH]c2=O)N1. The Balaban J connectivity index is 1.76. The molecule has 2 aromatic rings. The fourth-order valence-electron chi connectivity index (χ4n) is 3.58. The van der Waals surface area contributed by atoms with E-state index in [0.29, 0.717) is 30.2 Å². The maximum Gasteiger partial charge on any atom is 0.387 e. The maximum absolute atomic E-state index is 12.8. The van der Waals surface area contributed by atoms with Crippen LogP contribution >= 0.6 is 11.8 Å². The molecule has 1 fully saturated rings. The van der Waals surface area contributed by atoms with Gasteiger partial charge in [0.25, 0.3) is 5.56 Å². The number of fused-ring (bicyclic) bond motifs is 1. The van der Waals surface area contributed by atoms with Crippen LogP contribution in [0.3, 0.4) is 0 Å². The van der Waals surface area contributed by atoms with Crippen molar-refractivity contribution in [1.82, 2.24) is 9.78 Å². The lowest BCUT2D eigenvalue weighted by atomic mass is 10.1. The molecule has 0 saturated carbocycles. The molecule has 0 radical (unpaired) electrons. The Morgan fingerprint density at radius 1 is 1.25 bits per heavy atom. The van der Waals surface area contributed by atoms with Crippen LogP contribution in [0, 0.1) is 0 Å².